The lowest BCUT2D eigenvalue weighted by Gasteiger charge is -2.25. The quantitative estimate of drug-likeness (QED) is 0.741. The molecule has 1 atom stereocenters. The number of anilines is 1. The number of hydrogen-bond acceptors (Lipinski definition) is 3. The van der Waals surface area contributed by atoms with Crippen molar-refractivity contribution >= 4 is 45.5 Å². The van der Waals surface area contributed by atoms with Crippen LogP contribution in [0.5, 0.6) is 0 Å². The van der Waals surface area contributed by atoms with Gasteiger partial charge in [-0.1, -0.05) is 0 Å². The summed E-state index contributed by atoms with van der Waals surface area (Å²) in [7, 11) is 0. The Bertz CT molecular complexity index is 696. The number of amides is 1. The molecule has 3 N–H and O–H groups in total. The Labute approximate surface area is 142 Å². The standard InChI is InChI=1S/C16H17IN2OS/c1-9-7-10(16(18)20)5-6-12(9)19-13-3-2-4-14-11(13)8-15(17)21-14/h5-8,13,19H,2-4H2,1H3,(H2,18,20). The van der Waals surface area contributed by atoms with E-state index in [9.17, 15) is 4.79 Å². The highest BCUT2D eigenvalue weighted by atomic mass is 127. The normalized spacial score (nSPS) is 17.3. The highest BCUT2D eigenvalue weighted by Crippen LogP contribution is 2.38. The summed E-state index contributed by atoms with van der Waals surface area (Å²) in [6, 6.07) is 8.27. The number of primary amides is 1. The van der Waals surface area contributed by atoms with Crippen LogP contribution < -0.4 is 11.1 Å². The van der Waals surface area contributed by atoms with Crippen LogP contribution in [0.25, 0.3) is 0 Å². The molecule has 0 saturated carbocycles. The van der Waals surface area contributed by atoms with Gasteiger partial charge in [-0.05, 0) is 84.2 Å². The van der Waals surface area contributed by atoms with Gasteiger partial charge in [0.1, 0.15) is 0 Å². The lowest BCUT2D eigenvalue weighted by atomic mass is 9.93. The van der Waals surface area contributed by atoms with Crippen molar-refractivity contribution in [2.45, 2.75) is 32.2 Å². The van der Waals surface area contributed by atoms with Gasteiger partial charge in [0.15, 0.2) is 0 Å². The summed E-state index contributed by atoms with van der Waals surface area (Å²) in [5.74, 6) is -0.378. The fourth-order valence-electron chi connectivity index (χ4n) is 2.84. The number of nitrogens with one attached hydrogen (secondary N) is 1. The predicted molar refractivity (Wildman–Crippen MR) is 96.0 cm³/mol. The monoisotopic (exact) mass is 412 g/mol. The third kappa shape index (κ3) is 3.08. The molecule has 1 unspecified atom stereocenters. The van der Waals surface area contributed by atoms with Gasteiger partial charge in [0.2, 0.25) is 5.91 Å². The number of carbonyl (C=O) groups excluding carboxylic acids is 1. The number of halogens is 1. The number of rotatable bonds is 3. The van der Waals surface area contributed by atoms with Crippen LogP contribution in [0.4, 0.5) is 5.69 Å². The van der Waals surface area contributed by atoms with Gasteiger partial charge >= 0.3 is 0 Å². The third-order valence-corrected chi connectivity index (χ3v) is 5.90. The molecule has 0 aliphatic heterocycles. The fourth-order valence-corrected chi connectivity index (χ4v) is 4.96. The summed E-state index contributed by atoms with van der Waals surface area (Å²) in [5.41, 5.74) is 9.47. The molecule has 1 aromatic carbocycles. The van der Waals surface area contributed by atoms with Crippen LogP contribution >= 0.6 is 33.9 Å². The maximum absolute atomic E-state index is 11.2. The van der Waals surface area contributed by atoms with Crippen molar-refractivity contribution in [2.24, 2.45) is 5.73 Å². The second-order valence-electron chi connectivity index (χ2n) is 5.41. The third-order valence-electron chi connectivity index (χ3n) is 3.92. The Hall–Kier alpha value is -1.08. The molecule has 110 valence electrons. The minimum absolute atomic E-state index is 0.367. The van der Waals surface area contributed by atoms with E-state index >= 15 is 0 Å². The van der Waals surface area contributed by atoms with Crippen molar-refractivity contribution < 1.29 is 4.79 Å². The molecule has 0 saturated heterocycles. The van der Waals surface area contributed by atoms with Crippen LogP contribution in [0, 0.1) is 9.81 Å². The molecule has 0 spiro atoms. The van der Waals surface area contributed by atoms with E-state index in [0.717, 1.165) is 17.7 Å². The summed E-state index contributed by atoms with van der Waals surface area (Å²) in [4.78, 5) is 12.7. The van der Waals surface area contributed by atoms with Crippen molar-refractivity contribution in [3.05, 3.63) is 48.7 Å². The number of aryl methyl sites for hydroxylation is 2. The van der Waals surface area contributed by atoms with Crippen LogP contribution in [-0.4, -0.2) is 5.91 Å². The zero-order valence-corrected chi connectivity index (χ0v) is 14.8. The number of benzene rings is 1. The first-order chi connectivity index (χ1) is 10.0. The SMILES string of the molecule is Cc1cc(C(N)=O)ccc1NC1CCCc2sc(I)cc21. The Morgan fingerprint density at radius 2 is 2.24 bits per heavy atom. The Morgan fingerprint density at radius 1 is 1.43 bits per heavy atom. The second kappa shape index (κ2) is 5.96. The van der Waals surface area contributed by atoms with Crippen molar-refractivity contribution in [2.75, 3.05) is 5.32 Å². The van der Waals surface area contributed by atoms with Crippen LogP contribution in [-0.2, 0) is 6.42 Å². The topological polar surface area (TPSA) is 55.1 Å². The van der Waals surface area contributed by atoms with Crippen LogP contribution in [0.3, 0.4) is 0 Å². The van der Waals surface area contributed by atoms with Crippen LogP contribution in [0.1, 0.15) is 45.2 Å². The van der Waals surface area contributed by atoms with Crippen molar-refractivity contribution in [1.82, 2.24) is 0 Å². The molecule has 5 heteroatoms. The lowest BCUT2D eigenvalue weighted by molar-refractivity contribution is 0.1000. The van der Waals surface area contributed by atoms with Gasteiger partial charge in [0.05, 0.1) is 8.93 Å². The summed E-state index contributed by atoms with van der Waals surface area (Å²) in [6.07, 6.45) is 3.57. The van der Waals surface area contributed by atoms with Crippen LogP contribution in [0.15, 0.2) is 24.3 Å². The number of thiophene rings is 1. The van der Waals surface area contributed by atoms with Gasteiger partial charge in [-0.2, -0.15) is 0 Å². The molecule has 0 radical (unpaired) electrons. The van der Waals surface area contributed by atoms with Gasteiger partial charge in [-0.15, -0.1) is 11.3 Å². The summed E-state index contributed by atoms with van der Waals surface area (Å²) in [6.45, 7) is 2.01. The number of hydrogen-bond donors (Lipinski definition) is 2. The van der Waals surface area contributed by atoms with Crippen molar-refractivity contribution in [3.8, 4) is 0 Å². The van der Waals surface area contributed by atoms with Gasteiger partial charge in [-0.3, -0.25) is 4.79 Å². The molecule has 3 nitrogen and oxygen atoms in total. The Balaban J connectivity index is 1.86. The van der Waals surface area contributed by atoms with Gasteiger partial charge in [0.25, 0.3) is 0 Å². The van der Waals surface area contributed by atoms with E-state index in [-0.39, 0.29) is 5.91 Å². The fraction of sp³-hybridized carbons (Fsp3) is 0.312. The Kier molecular flexibility index (Phi) is 4.21. The first kappa shape index (κ1) is 14.8. The van der Waals surface area contributed by atoms with Crippen molar-refractivity contribution in [3.63, 3.8) is 0 Å². The van der Waals surface area contributed by atoms with Gasteiger partial charge < -0.3 is 11.1 Å². The molecule has 1 heterocycles. The van der Waals surface area contributed by atoms with E-state index < -0.39 is 0 Å². The minimum Gasteiger partial charge on any atom is -0.378 e. The highest BCUT2D eigenvalue weighted by Gasteiger charge is 2.23. The molecule has 3 rings (SSSR count). The average Bonchev–Trinajstić information content (AvgIpc) is 2.82. The van der Waals surface area contributed by atoms with E-state index in [2.05, 4.69) is 34.0 Å². The van der Waals surface area contributed by atoms with E-state index in [0.29, 0.717) is 11.6 Å². The van der Waals surface area contributed by atoms with Gasteiger partial charge in [-0.25, -0.2) is 0 Å². The molecule has 1 aliphatic carbocycles. The first-order valence-electron chi connectivity index (χ1n) is 6.99. The molecule has 0 bridgehead atoms. The molecule has 1 amide bonds. The molecule has 21 heavy (non-hydrogen) atoms. The van der Waals surface area contributed by atoms with E-state index in [4.69, 9.17) is 5.73 Å². The molecule has 2 aromatic rings. The minimum atomic E-state index is -0.378. The number of fused-ring (bicyclic) bond motifs is 1. The maximum atomic E-state index is 11.2. The average molecular weight is 412 g/mol. The predicted octanol–water partition coefficient (Wildman–Crippen LogP) is 4.25. The van der Waals surface area contributed by atoms with E-state index in [1.54, 1.807) is 6.07 Å². The first-order valence-corrected chi connectivity index (χ1v) is 8.89. The summed E-state index contributed by atoms with van der Waals surface area (Å²) < 4.78 is 1.35. The second-order valence-corrected chi connectivity index (χ2v) is 8.44. The van der Waals surface area contributed by atoms with E-state index in [1.807, 2.05) is 30.4 Å². The molecule has 0 fully saturated rings. The molecule has 1 aliphatic rings. The van der Waals surface area contributed by atoms with Crippen molar-refractivity contribution in [1.29, 1.82) is 0 Å². The Morgan fingerprint density at radius 3 is 2.95 bits per heavy atom. The van der Waals surface area contributed by atoms with Gasteiger partial charge in [0, 0.05) is 16.1 Å². The van der Waals surface area contributed by atoms with E-state index in [1.165, 1.54) is 26.2 Å². The largest absolute Gasteiger partial charge is 0.378 e. The number of nitrogens with two attached hydrogens (primary N) is 1. The maximum Gasteiger partial charge on any atom is 0.248 e. The molecule has 1 aromatic heterocycles. The number of carbonyl (C=O) groups is 1. The molecular formula is C16H17IN2OS. The lowest BCUT2D eigenvalue weighted by Crippen LogP contribution is -2.17. The zero-order chi connectivity index (χ0) is 15.0. The zero-order valence-electron chi connectivity index (χ0n) is 11.8. The molecular weight excluding hydrogens is 395 g/mol. The highest BCUT2D eigenvalue weighted by molar-refractivity contribution is 14.1. The van der Waals surface area contributed by atoms with Crippen LogP contribution in [0.2, 0.25) is 0 Å². The summed E-state index contributed by atoms with van der Waals surface area (Å²) >= 11 is 4.30. The summed E-state index contributed by atoms with van der Waals surface area (Å²) in [5, 5.41) is 3.64. The smallest absolute Gasteiger partial charge is 0.248 e.